The Hall–Kier alpha value is -2.08. The number of hydrogen-bond donors (Lipinski definition) is 2. The number of likely N-dealkylation sites (tertiary alicyclic amines) is 1. The summed E-state index contributed by atoms with van der Waals surface area (Å²) in [5.41, 5.74) is 1.75. The molecule has 0 aliphatic carbocycles. The first-order valence-electron chi connectivity index (χ1n) is 6.99. The molecule has 1 heterocycles. The van der Waals surface area contributed by atoms with Crippen LogP contribution in [0.4, 0.5) is 10.5 Å². The van der Waals surface area contributed by atoms with Crippen molar-refractivity contribution in [1.82, 2.24) is 4.90 Å². The summed E-state index contributed by atoms with van der Waals surface area (Å²) in [6.45, 7) is 4.25. The van der Waals surface area contributed by atoms with Gasteiger partial charge in [0.05, 0.1) is 6.10 Å². The summed E-state index contributed by atoms with van der Waals surface area (Å²) >= 11 is 0. The molecule has 21 heavy (non-hydrogen) atoms. The Bertz CT molecular complexity index is 546. The van der Waals surface area contributed by atoms with Gasteiger partial charge in [0.1, 0.15) is 6.04 Å². The lowest BCUT2D eigenvalue weighted by Crippen LogP contribution is -2.48. The minimum Gasteiger partial charge on any atom is -0.480 e. The first-order valence-corrected chi connectivity index (χ1v) is 6.99. The largest absolute Gasteiger partial charge is 0.480 e. The number of urea groups is 1. The van der Waals surface area contributed by atoms with Crippen LogP contribution in [0.2, 0.25) is 0 Å². The van der Waals surface area contributed by atoms with Crippen LogP contribution in [0.25, 0.3) is 0 Å². The van der Waals surface area contributed by atoms with Crippen molar-refractivity contribution >= 4 is 17.7 Å². The van der Waals surface area contributed by atoms with Gasteiger partial charge < -0.3 is 15.1 Å². The van der Waals surface area contributed by atoms with E-state index < -0.39 is 18.1 Å². The van der Waals surface area contributed by atoms with E-state index in [1.807, 2.05) is 38.1 Å². The number of amides is 2. The zero-order valence-corrected chi connectivity index (χ0v) is 12.2. The summed E-state index contributed by atoms with van der Waals surface area (Å²) in [6.07, 6.45) is -0.710. The molecule has 0 spiro atoms. The molecular weight excluding hydrogens is 272 g/mol. The SMILES string of the molecule is CCN(C(=O)N1CC(O)CC1C(=O)O)c1cccc(C)c1. The molecule has 2 N–H and O–H groups in total. The van der Waals surface area contributed by atoms with Crippen molar-refractivity contribution < 1.29 is 19.8 Å². The number of anilines is 1. The smallest absolute Gasteiger partial charge is 0.326 e. The Morgan fingerprint density at radius 1 is 1.43 bits per heavy atom. The lowest BCUT2D eigenvalue weighted by atomic mass is 10.2. The van der Waals surface area contributed by atoms with Crippen LogP contribution in [0.1, 0.15) is 18.9 Å². The Kier molecular flexibility index (Phi) is 4.47. The maximum Gasteiger partial charge on any atom is 0.326 e. The van der Waals surface area contributed by atoms with Crippen LogP contribution in [0.5, 0.6) is 0 Å². The number of benzene rings is 1. The highest BCUT2D eigenvalue weighted by Crippen LogP contribution is 2.23. The fourth-order valence-corrected chi connectivity index (χ4v) is 2.64. The second kappa shape index (κ2) is 6.13. The Morgan fingerprint density at radius 3 is 2.71 bits per heavy atom. The first kappa shape index (κ1) is 15.3. The molecule has 0 radical (unpaired) electrons. The number of nitrogens with zero attached hydrogens (tertiary/aromatic N) is 2. The standard InChI is InChI=1S/C15H20N2O4/c1-3-16(11-6-4-5-10(2)7-11)15(21)17-9-12(18)8-13(17)14(19)20/h4-7,12-13,18H,3,8-9H2,1-2H3,(H,19,20). The molecule has 2 amide bonds. The van der Waals surface area contributed by atoms with E-state index in [2.05, 4.69) is 0 Å². The molecule has 2 unspecified atom stereocenters. The number of carbonyl (C=O) groups is 2. The molecule has 114 valence electrons. The van der Waals surface area contributed by atoms with E-state index in [4.69, 9.17) is 0 Å². The van der Waals surface area contributed by atoms with Crippen LogP contribution >= 0.6 is 0 Å². The highest BCUT2D eigenvalue weighted by Gasteiger charge is 2.40. The first-order chi connectivity index (χ1) is 9.93. The maximum atomic E-state index is 12.6. The Labute approximate surface area is 123 Å². The van der Waals surface area contributed by atoms with E-state index in [0.717, 1.165) is 11.3 Å². The molecule has 0 bridgehead atoms. The number of aliphatic hydroxyl groups is 1. The van der Waals surface area contributed by atoms with E-state index in [9.17, 15) is 19.8 Å². The van der Waals surface area contributed by atoms with E-state index in [-0.39, 0.29) is 19.0 Å². The second-order valence-corrected chi connectivity index (χ2v) is 5.26. The van der Waals surface area contributed by atoms with E-state index in [1.54, 1.807) is 0 Å². The molecule has 1 aliphatic rings. The zero-order valence-electron chi connectivity index (χ0n) is 12.2. The van der Waals surface area contributed by atoms with Crippen molar-refractivity contribution in [3.63, 3.8) is 0 Å². The van der Waals surface area contributed by atoms with Crippen molar-refractivity contribution in [3.8, 4) is 0 Å². The zero-order chi connectivity index (χ0) is 15.6. The van der Waals surface area contributed by atoms with Gasteiger partial charge in [0, 0.05) is 25.2 Å². The summed E-state index contributed by atoms with van der Waals surface area (Å²) in [4.78, 5) is 26.6. The molecule has 1 fully saturated rings. The summed E-state index contributed by atoms with van der Waals surface area (Å²) in [7, 11) is 0. The molecule has 6 nitrogen and oxygen atoms in total. The van der Waals surface area contributed by atoms with E-state index in [0.29, 0.717) is 6.54 Å². The van der Waals surface area contributed by atoms with Gasteiger partial charge >= 0.3 is 12.0 Å². The molecular formula is C15H20N2O4. The molecule has 1 aromatic carbocycles. The van der Waals surface area contributed by atoms with Gasteiger partial charge in [-0.2, -0.15) is 0 Å². The van der Waals surface area contributed by atoms with Crippen molar-refractivity contribution in [3.05, 3.63) is 29.8 Å². The third kappa shape index (κ3) is 3.16. The third-order valence-corrected chi connectivity index (χ3v) is 3.67. The van der Waals surface area contributed by atoms with Gasteiger partial charge in [0.25, 0.3) is 0 Å². The number of aliphatic hydroxyl groups excluding tert-OH is 1. The minimum absolute atomic E-state index is 0.0537. The van der Waals surface area contributed by atoms with Crippen LogP contribution in [0.3, 0.4) is 0 Å². The second-order valence-electron chi connectivity index (χ2n) is 5.26. The van der Waals surface area contributed by atoms with Crippen LogP contribution < -0.4 is 4.90 Å². The summed E-state index contributed by atoms with van der Waals surface area (Å²) in [5, 5.41) is 18.9. The number of carboxylic acids is 1. The quantitative estimate of drug-likeness (QED) is 0.883. The summed E-state index contributed by atoms with van der Waals surface area (Å²) in [5.74, 6) is -1.08. The van der Waals surface area contributed by atoms with Gasteiger partial charge in [0.2, 0.25) is 0 Å². The van der Waals surface area contributed by atoms with Crippen molar-refractivity contribution in [2.45, 2.75) is 32.4 Å². The van der Waals surface area contributed by atoms with Gasteiger partial charge in [-0.1, -0.05) is 12.1 Å². The average molecular weight is 292 g/mol. The highest BCUT2D eigenvalue weighted by atomic mass is 16.4. The molecule has 0 saturated carbocycles. The monoisotopic (exact) mass is 292 g/mol. The van der Waals surface area contributed by atoms with Crippen molar-refractivity contribution in [2.75, 3.05) is 18.0 Å². The van der Waals surface area contributed by atoms with Crippen LogP contribution in [-0.2, 0) is 4.79 Å². The summed E-state index contributed by atoms with van der Waals surface area (Å²) < 4.78 is 0. The lowest BCUT2D eigenvalue weighted by Gasteiger charge is -2.29. The fourth-order valence-electron chi connectivity index (χ4n) is 2.64. The van der Waals surface area contributed by atoms with E-state index >= 15 is 0 Å². The molecule has 1 aliphatic heterocycles. The number of carboxylic acid groups (broad SMARTS) is 1. The average Bonchev–Trinajstić information content (AvgIpc) is 2.82. The number of β-amino-alcohol motifs (C(OH)–C–C–N with tert-alkyl or cyclic N) is 1. The molecule has 2 atom stereocenters. The maximum absolute atomic E-state index is 12.6. The summed E-state index contributed by atoms with van der Waals surface area (Å²) in [6, 6.07) is 6.13. The highest BCUT2D eigenvalue weighted by molar-refractivity contribution is 5.95. The van der Waals surface area contributed by atoms with Crippen molar-refractivity contribution in [1.29, 1.82) is 0 Å². The third-order valence-electron chi connectivity index (χ3n) is 3.67. The van der Waals surface area contributed by atoms with Crippen LogP contribution in [0.15, 0.2) is 24.3 Å². The minimum atomic E-state index is -1.08. The normalized spacial score (nSPS) is 21.4. The fraction of sp³-hybridized carbons (Fsp3) is 0.467. The number of aryl methyl sites for hydroxylation is 1. The van der Waals surface area contributed by atoms with Crippen molar-refractivity contribution in [2.24, 2.45) is 0 Å². The molecule has 6 heteroatoms. The van der Waals surface area contributed by atoms with Gasteiger partial charge in [-0.25, -0.2) is 9.59 Å². The van der Waals surface area contributed by atoms with Crippen LogP contribution in [0, 0.1) is 6.92 Å². The van der Waals surface area contributed by atoms with Gasteiger partial charge in [-0.05, 0) is 31.5 Å². The Morgan fingerprint density at radius 2 is 2.14 bits per heavy atom. The number of rotatable bonds is 3. The number of aliphatic carboxylic acids is 1. The topological polar surface area (TPSA) is 81.1 Å². The number of hydrogen-bond acceptors (Lipinski definition) is 3. The Balaban J connectivity index is 2.26. The van der Waals surface area contributed by atoms with Gasteiger partial charge in [0.15, 0.2) is 0 Å². The molecule has 0 aromatic heterocycles. The van der Waals surface area contributed by atoms with E-state index in [1.165, 1.54) is 9.80 Å². The molecule has 2 rings (SSSR count). The van der Waals surface area contributed by atoms with Crippen LogP contribution in [-0.4, -0.2) is 52.3 Å². The van der Waals surface area contributed by atoms with Gasteiger partial charge in [-0.15, -0.1) is 0 Å². The lowest BCUT2D eigenvalue weighted by molar-refractivity contribution is -0.141. The van der Waals surface area contributed by atoms with Gasteiger partial charge in [-0.3, -0.25) is 4.90 Å². The predicted molar refractivity (Wildman–Crippen MR) is 78.3 cm³/mol. The predicted octanol–water partition coefficient (Wildman–Crippen LogP) is 1.46. The molecule has 1 saturated heterocycles. The molecule has 1 aromatic rings. The number of carbonyl (C=O) groups excluding carboxylic acids is 1.